The van der Waals surface area contributed by atoms with Crippen LogP contribution >= 0.6 is 0 Å². The van der Waals surface area contributed by atoms with Crippen LogP contribution in [0, 0.1) is 0 Å². The first-order valence-corrected chi connectivity index (χ1v) is 9.88. The fourth-order valence-electron chi connectivity index (χ4n) is 3.75. The molecule has 0 spiro atoms. The van der Waals surface area contributed by atoms with Gasteiger partial charge in [0, 0.05) is 37.8 Å². The van der Waals surface area contributed by atoms with Crippen LogP contribution in [-0.4, -0.2) is 78.8 Å². The van der Waals surface area contributed by atoms with Crippen molar-refractivity contribution in [3.05, 3.63) is 30.2 Å². The molecule has 2 aliphatic rings. The van der Waals surface area contributed by atoms with Gasteiger partial charge < -0.3 is 25.0 Å². The number of morpholine rings is 1. The van der Waals surface area contributed by atoms with Crippen LogP contribution in [0.1, 0.15) is 23.3 Å². The monoisotopic (exact) mass is 399 g/mol. The number of amides is 2. The molecule has 29 heavy (non-hydrogen) atoms. The van der Waals surface area contributed by atoms with E-state index >= 15 is 0 Å². The second-order valence-corrected chi connectivity index (χ2v) is 7.28. The van der Waals surface area contributed by atoms with Gasteiger partial charge in [0.1, 0.15) is 12.3 Å². The lowest BCUT2D eigenvalue weighted by Crippen LogP contribution is -2.44. The van der Waals surface area contributed by atoms with Crippen molar-refractivity contribution in [2.45, 2.75) is 18.9 Å². The van der Waals surface area contributed by atoms with Gasteiger partial charge in [-0.3, -0.25) is 14.6 Å². The molecule has 0 aliphatic carbocycles. The maximum atomic E-state index is 12.2. The van der Waals surface area contributed by atoms with Gasteiger partial charge >= 0.3 is 0 Å². The second-order valence-electron chi connectivity index (χ2n) is 7.28. The fraction of sp³-hybridized carbons (Fsp3) is 0.500. The van der Waals surface area contributed by atoms with E-state index in [0.29, 0.717) is 26.3 Å². The summed E-state index contributed by atoms with van der Waals surface area (Å²) in [5.41, 5.74) is 7.22. The molecule has 0 saturated carbocycles. The van der Waals surface area contributed by atoms with Gasteiger partial charge in [0.2, 0.25) is 5.91 Å². The number of fused-ring (bicyclic) bond motifs is 1. The molecule has 154 valence electrons. The predicted octanol–water partition coefficient (Wildman–Crippen LogP) is 0.573. The van der Waals surface area contributed by atoms with Gasteiger partial charge in [-0.2, -0.15) is 0 Å². The first kappa shape index (κ1) is 19.5. The highest BCUT2D eigenvalue weighted by molar-refractivity contribution is 5.96. The molecule has 0 unspecified atom stereocenters. The maximum Gasteiger partial charge on any atom is 0.267 e. The van der Waals surface area contributed by atoms with E-state index < -0.39 is 5.91 Å². The zero-order valence-corrected chi connectivity index (χ0v) is 16.2. The number of ether oxygens (including phenoxy) is 2. The Morgan fingerprint density at radius 3 is 2.62 bits per heavy atom. The van der Waals surface area contributed by atoms with Crippen LogP contribution < -0.4 is 10.6 Å². The van der Waals surface area contributed by atoms with Crippen molar-refractivity contribution in [2.75, 3.05) is 50.9 Å². The lowest BCUT2D eigenvalue weighted by Gasteiger charge is -2.34. The number of aromatic nitrogens is 2. The van der Waals surface area contributed by atoms with E-state index in [-0.39, 0.29) is 24.3 Å². The zero-order chi connectivity index (χ0) is 20.2. The Kier molecular flexibility index (Phi) is 5.86. The Labute approximate surface area is 168 Å². The molecule has 4 heterocycles. The number of nitrogens with zero attached hydrogens (tertiary/aromatic N) is 4. The quantitative estimate of drug-likeness (QED) is 0.783. The Morgan fingerprint density at radius 2 is 1.90 bits per heavy atom. The molecule has 2 aromatic rings. The normalized spacial score (nSPS) is 18.2. The molecular weight excluding hydrogens is 374 g/mol. The first-order valence-electron chi connectivity index (χ1n) is 9.88. The van der Waals surface area contributed by atoms with E-state index in [2.05, 4.69) is 14.9 Å². The van der Waals surface area contributed by atoms with Gasteiger partial charge in [-0.1, -0.05) is 0 Å². The summed E-state index contributed by atoms with van der Waals surface area (Å²) in [5, 5.41) is 0.863. The smallest absolute Gasteiger partial charge is 0.267 e. The molecule has 2 amide bonds. The highest BCUT2D eigenvalue weighted by atomic mass is 16.5. The highest BCUT2D eigenvalue weighted by Crippen LogP contribution is 2.27. The van der Waals surface area contributed by atoms with E-state index in [1.165, 1.54) is 0 Å². The summed E-state index contributed by atoms with van der Waals surface area (Å²) in [5.74, 6) is -0.524. The van der Waals surface area contributed by atoms with Crippen molar-refractivity contribution in [1.29, 1.82) is 0 Å². The van der Waals surface area contributed by atoms with Crippen LogP contribution in [0.25, 0.3) is 10.9 Å². The van der Waals surface area contributed by atoms with E-state index in [4.69, 9.17) is 15.2 Å². The number of hydrogen-bond acceptors (Lipinski definition) is 7. The van der Waals surface area contributed by atoms with Crippen molar-refractivity contribution < 1.29 is 19.1 Å². The van der Waals surface area contributed by atoms with Crippen LogP contribution in [0.15, 0.2) is 24.5 Å². The lowest BCUT2D eigenvalue weighted by atomic mass is 10.1. The van der Waals surface area contributed by atoms with Crippen LogP contribution in [0.5, 0.6) is 0 Å². The number of pyridine rings is 2. The molecule has 0 aromatic carbocycles. The highest BCUT2D eigenvalue weighted by Gasteiger charge is 2.24. The molecule has 0 atom stereocenters. The average molecular weight is 399 g/mol. The minimum atomic E-state index is -0.549. The summed E-state index contributed by atoms with van der Waals surface area (Å²) in [6.45, 7) is 4.09. The van der Waals surface area contributed by atoms with Gasteiger partial charge in [-0.15, -0.1) is 0 Å². The third-order valence-electron chi connectivity index (χ3n) is 5.42. The topological polar surface area (TPSA) is 111 Å². The van der Waals surface area contributed by atoms with Gasteiger partial charge in [-0.05, 0) is 25.0 Å². The minimum absolute atomic E-state index is 0.0252. The molecule has 9 nitrogen and oxygen atoms in total. The van der Waals surface area contributed by atoms with E-state index in [0.717, 1.165) is 42.5 Å². The second kappa shape index (κ2) is 8.71. The minimum Gasteiger partial charge on any atom is -0.378 e. The zero-order valence-electron chi connectivity index (χ0n) is 16.2. The molecular formula is C20H25N5O4. The molecule has 0 bridgehead atoms. The van der Waals surface area contributed by atoms with Gasteiger partial charge in [0.25, 0.3) is 5.91 Å². The first-order chi connectivity index (χ1) is 14.1. The Morgan fingerprint density at radius 1 is 1.14 bits per heavy atom. The predicted molar refractivity (Wildman–Crippen MR) is 107 cm³/mol. The molecule has 2 fully saturated rings. The van der Waals surface area contributed by atoms with E-state index in [1.54, 1.807) is 23.4 Å². The van der Waals surface area contributed by atoms with E-state index in [1.807, 2.05) is 6.07 Å². The summed E-state index contributed by atoms with van der Waals surface area (Å²) in [6, 6.07) is 3.42. The lowest BCUT2D eigenvalue weighted by molar-refractivity contribution is -0.142. The molecule has 2 saturated heterocycles. The summed E-state index contributed by atoms with van der Waals surface area (Å²) in [6.07, 6.45) is 5.16. The molecule has 2 aliphatic heterocycles. The summed E-state index contributed by atoms with van der Waals surface area (Å²) in [4.78, 5) is 36.5. The molecule has 4 rings (SSSR count). The third-order valence-corrected chi connectivity index (χ3v) is 5.42. The number of carbonyl (C=O) groups is 2. The van der Waals surface area contributed by atoms with Crippen molar-refractivity contribution in [2.24, 2.45) is 5.73 Å². The SMILES string of the molecule is NC(=O)c1ccc2cncc(N3CCC(OCC(=O)N4CCOCC4)CC3)c2n1. The standard InChI is InChI=1S/C20H25N5O4/c21-20(27)16-2-1-14-11-22-12-17(19(14)23-16)24-5-3-15(4-6-24)29-13-18(26)25-7-9-28-10-8-25/h1-2,11-12,15H,3-10,13H2,(H2,21,27). The number of primary amides is 1. The van der Waals surface area contributed by atoms with Crippen molar-refractivity contribution in [1.82, 2.24) is 14.9 Å². The Balaban J connectivity index is 1.36. The third kappa shape index (κ3) is 4.46. The number of rotatable bonds is 5. The number of hydrogen-bond donors (Lipinski definition) is 1. The Bertz CT molecular complexity index is 892. The van der Waals surface area contributed by atoms with Crippen molar-refractivity contribution in [3.8, 4) is 0 Å². The molecule has 2 aromatic heterocycles. The van der Waals surface area contributed by atoms with Crippen LogP contribution in [0.2, 0.25) is 0 Å². The van der Waals surface area contributed by atoms with Gasteiger partial charge in [0.15, 0.2) is 0 Å². The largest absolute Gasteiger partial charge is 0.378 e. The fourth-order valence-corrected chi connectivity index (χ4v) is 3.75. The number of anilines is 1. The summed E-state index contributed by atoms with van der Waals surface area (Å²) in [7, 11) is 0. The van der Waals surface area contributed by atoms with Gasteiger partial charge in [0.05, 0.1) is 36.7 Å². The van der Waals surface area contributed by atoms with Crippen molar-refractivity contribution in [3.63, 3.8) is 0 Å². The molecule has 2 N–H and O–H groups in total. The Hall–Kier alpha value is -2.78. The maximum absolute atomic E-state index is 12.2. The van der Waals surface area contributed by atoms with E-state index in [9.17, 15) is 9.59 Å². The van der Waals surface area contributed by atoms with Gasteiger partial charge in [-0.25, -0.2) is 4.98 Å². The number of piperidine rings is 1. The van der Waals surface area contributed by atoms with Crippen LogP contribution in [0.4, 0.5) is 5.69 Å². The van der Waals surface area contributed by atoms with Crippen molar-refractivity contribution >= 4 is 28.4 Å². The average Bonchev–Trinajstić information content (AvgIpc) is 2.77. The van der Waals surface area contributed by atoms with Crippen LogP contribution in [-0.2, 0) is 14.3 Å². The number of carbonyl (C=O) groups excluding carboxylic acids is 2. The molecule has 9 heteroatoms. The summed E-state index contributed by atoms with van der Waals surface area (Å²) < 4.78 is 11.1. The molecule has 0 radical (unpaired) electrons. The van der Waals surface area contributed by atoms with Crippen LogP contribution in [0.3, 0.4) is 0 Å². The number of nitrogens with two attached hydrogens (primary N) is 1. The summed E-state index contributed by atoms with van der Waals surface area (Å²) >= 11 is 0.